The van der Waals surface area contributed by atoms with Crippen molar-refractivity contribution < 1.29 is 13.7 Å². The van der Waals surface area contributed by atoms with E-state index < -0.39 is 11.9 Å². The van der Waals surface area contributed by atoms with Crippen molar-refractivity contribution in [2.75, 3.05) is 0 Å². The van der Waals surface area contributed by atoms with Crippen LogP contribution in [0.2, 0.25) is 10.0 Å². The zero-order chi connectivity index (χ0) is 19.4. The Balaban J connectivity index is 1.57. The number of hydrogen-bond donors (Lipinski definition) is 1. The van der Waals surface area contributed by atoms with E-state index >= 15 is 0 Å². The van der Waals surface area contributed by atoms with E-state index in [4.69, 9.17) is 27.7 Å². The summed E-state index contributed by atoms with van der Waals surface area (Å²) in [5.41, 5.74) is 1.29. The Kier molecular flexibility index (Phi) is 6.08. The highest BCUT2D eigenvalue weighted by molar-refractivity contribution is 6.35. The van der Waals surface area contributed by atoms with E-state index in [1.54, 1.807) is 6.92 Å². The van der Waals surface area contributed by atoms with Crippen LogP contribution >= 0.6 is 23.2 Å². The maximum atomic E-state index is 13.6. The second kappa shape index (κ2) is 8.50. The minimum atomic E-state index is -0.587. The van der Waals surface area contributed by atoms with E-state index in [0.29, 0.717) is 28.7 Å². The molecule has 1 heterocycles. The fraction of sp³-hybridized carbons (Fsp3) is 0.211. The third kappa shape index (κ3) is 4.84. The van der Waals surface area contributed by atoms with E-state index in [9.17, 15) is 9.18 Å². The van der Waals surface area contributed by atoms with Crippen LogP contribution < -0.4 is 5.32 Å². The number of halogens is 3. The fourth-order valence-corrected chi connectivity index (χ4v) is 3.09. The first kappa shape index (κ1) is 19.3. The Labute approximate surface area is 165 Å². The lowest BCUT2D eigenvalue weighted by Gasteiger charge is -2.16. The zero-order valence-electron chi connectivity index (χ0n) is 14.4. The van der Waals surface area contributed by atoms with Crippen LogP contribution in [-0.4, -0.2) is 16.0 Å². The monoisotopic (exact) mass is 407 g/mol. The van der Waals surface area contributed by atoms with Gasteiger partial charge in [0.1, 0.15) is 5.82 Å². The van der Waals surface area contributed by atoms with Crippen molar-refractivity contribution in [2.24, 2.45) is 0 Å². The molecule has 0 bridgehead atoms. The van der Waals surface area contributed by atoms with E-state index in [1.165, 1.54) is 12.1 Å². The minimum Gasteiger partial charge on any atom is -0.350 e. The summed E-state index contributed by atoms with van der Waals surface area (Å²) in [6.07, 6.45) is 0.440. The summed E-state index contributed by atoms with van der Waals surface area (Å²) in [5.74, 6) is 0.0138. The predicted molar refractivity (Wildman–Crippen MR) is 101 cm³/mol. The van der Waals surface area contributed by atoms with E-state index in [2.05, 4.69) is 15.5 Å². The van der Waals surface area contributed by atoms with Crippen LogP contribution in [0, 0.1) is 5.82 Å². The molecule has 0 unspecified atom stereocenters. The van der Waals surface area contributed by atoms with Crippen molar-refractivity contribution in [1.29, 1.82) is 0 Å². The molecule has 0 radical (unpaired) electrons. The molecule has 1 amide bonds. The highest BCUT2D eigenvalue weighted by Gasteiger charge is 2.16. The second-order valence-corrected chi connectivity index (χ2v) is 6.77. The molecule has 0 saturated heterocycles. The molecule has 0 fully saturated rings. The van der Waals surface area contributed by atoms with Gasteiger partial charge < -0.3 is 9.84 Å². The van der Waals surface area contributed by atoms with Crippen molar-refractivity contribution in [1.82, 2.24) is 15.5 Å². The molecule has 3 rings (SSSR count). The summed E-state index contributed by atoms with van der Waals surface area (Å²) in [6.45, 7) is 1.71. The Morgan fingerprint density at radius 3 is 2.70 bits per heavy atom. The quantitative estimate of drug-likeness (QED) is 0.584. The van der Waals surface area contributed by atoms with E-state index in [-0.39, 0.29) is 17.4 Å². The SMILES string of the molecule is C[C@@H](NC(=O)CCc1nc(-c2ccccc2)no1)c1cc(F)c(Cl)cc1Cl. The van der Waals surface area contributed by atoms with Gasteiger partial charge in [0.2, 0.25) is 17.6 Å². The third-order valence-corrected chi connectivity index (χ3v) is 4.57. The van der Waals surface area contributed by atoms with Gasteiger partial charge in [0, 0.05) is 23.4 Å². The second-order valence-electron chi connectivity index (χ2n) is 5.95. The zero-order valence-corrected chi connectivity index (χ0v) is 15.9. The van der Waals surface area contributed by atoms with Crippen molar-refractivity contribution in [3.63, 3.8) is 0 Å². The normalized spacial score (nSPS) is 12.0. The summed E-state index contributed by atoms with van der Waals surface area (Å²) in [4.78, 5) is 16.5. The van der Waals surface area contributed by atoms with Gasteiger partial charge in [0.15, 0.2) is 0 Å². The van der Waals surface area contributed by atoms with Crippen LogP contribution in [-0.2, 0) is 11.2 Å². The largest absolute Gasteiger partial charge is 0.350 e. The molecular weight excluding hydrogens is 392 g/mol. The molecule has 8 heteroatoms. The number of carbonyl (C=O) groups is 1. The molecule has 140 valence electrons. The first-order valence-electron chi connectivity index (χ1n) is 8.26. The molecule has 0 saturated carbocycles. The van der Waals surface area contributed by atoms with Gasteiger partial charge >= 0.3 is 0 Å². The van der Waals surface area contributed by atoms with Gasteiger partial charge in [-0.05, 0) is 24.6 Å². The van der Waals surface area contributed by atoms with Crippen molar-refractivity contribution in [3.05, 3.63) is 69.8 Å². The Bertz CT molecular complexity index is 947. The highest BCUT2D eigenvalue weighted by Crippen LogP contribution is 2.28. The number of carbonyl (C=O) groups excluding carboxylic acids is 1. The summed E-state index contributed by atoms with van der Waals surface area (Å²) in [6, 6.07) is 11.5. The van der Waals surface area contributed by atoms with Gasteiger partial charge in [0.05, 0.1) is 11.1 Å². The van der Waals surface area contributed by atoms with Gasteiger partial charge in [-0.25, -0.2) is 4.39 Å². The summed E-state index contributed by atoms with van der Waals surface area (Å²) in [7, 11) is 0. The maximum absolute atomic E-state index is 13.6. The molecule has 5 nitrogen and oxygen atoms in total. The summed E-state index contributed by atoms with van der Waals surface area (Å²) >= 11 is 11.8. The summed E-state index contributed by atoms with van der Waals surface area (Å²) < 4.78 is 18.8. The standard InChI is InChI=1S/C19H16Cl2FN3O2/c1-11(13-9-16(22)15(21)10-14(13)20)23-17(26)7-8-18-24-19(25-27-18)12-5-3-2-4-6-12/h2-6,9-11H,7-8H2,1H3,(H,23,26)/t11-/m1/s1. The van der Waals surface area contributed by atoms with Crippen LogP contribution in [0.15, 0.2) is 47.0 Å². The number of rotatable bonds is 6. The first-order chi connectivity index (χ1) is 12.9. The molecular formula is C19H16Cl2FN3O2. The van der Waals surface area contributed by atoms with Gasteiger partial charge in [0.25, 0.3) is 0 Å². The fourth-order valence-electron chi connectivity index (χ4n) is 2.54. The molecule has 0 aliphatic rings. The molecule has 2 aromatic carbocycles. The summed E-state index contributed by atoms with van der Waals surface area (Å²) in [5, 5.41) is 6.91. The van der Waals surface area contributed by atoms with Gasteiger partial charge in [-0.3, -0.25) is 4.79 Å². The topological polar surface area (TPSA) is 68.0 Å². The number of amides is 1. The molecule has 0 aliphatic carbocycles. The smallest absolute Gasteiger partial charge is 0.227 e. The lowest BCUT2D eigenvalue weighted by Crippen LogP contribution is -2.27. The van der Waals surface area contributed by atoms with E-state index in [1.807, 2.05) is 30.3 Å². The van der Waals surface area contributed by atoms with Gasteiger partial charge in [-0.1, -0.05) is 58.7 Å². The Morgan fingerprint density at radius 1 is 1.22 bits per heavy atom. The Morgan fingerprint density at radius 2 is 1.96 bits per heavy atom. The number of benzene rings is 2. The lowest BCUT2D eigenvalue weighted by atomic mass is 10.1. The van der Waals surface area contributed by atoms with Crippen LogP contribution in [0.25, 0.3) is 11.4 Å². The third-order valence-electron chi connectivity index (χ3n) is 3.95. The molecule has 1 N–H and O–H groups in total. The maximum Gasteiger partial charge on any atom is 0.227 e. The van der Waals surface area contributed by atoms with Crippen LogP contribution in [0.3, 0.4) is 0 Å². The average molecular weight is 408 g/mol. The highest BCUT2D eigenvalue weighted by atomic mass is 35.5. The minimum absolute atomic E-state index is 0.0621. The lowest BCUT2D eigenvalue weighted by molar-refractivity contribution is -0.121. The van der Waals surface area contributed by atoms with Crippen LogP contribution in [0.4, 0.5) is 4.39 Å². The van der Waals surface area contributed by atoms with Crippen molar-refractivity contribution in [2.45, 2.75) is 25.8 Å². The number of nitrogens with zero attached hydrogens (tertiary/aromatic N) is 2. The van der Waals surface area contributed by atoms with Crippen molar-refractivity contribution >= 4 is 29.1 Å². The number of aryl methyl sites for hydroxylation is 1. The molecule has 0 spiro atoms. The first-order valence-corrected chi connectivity index (χ1v) is 9.01. The molecule has 1 aromatic heterocycles. The van der Waals surface area contributed by atoms with Crippen LogP contribution in [0.1, 0.15) is 30.8 Å². The molecule has 3 aromatic rings. The molecule has 0 aliphatic heterocycles. The number of aromatic nitrogens is 2. The predicted octanol–water partition coefficient (Wildman–Crippen LogP) is 4.99. The van der Waals surface area contributed by atoms with Gasteiger partial charge in [-0.15, -0.1) is 0 Å². The number of hydrogen-bond acceptors (Lipinski definition) is 4. The van der Waals surface area contributed by atoms with E-state index in [0.717, 1.165) is 5.56 Å². The van der Waals surface area contributed by atoms with Gasteiger partial charge in [-0.2, -0.15) is 4.98 Å². The average Bonchev–Trinajstić information content (AvgIpc) is 3.13. The molecule has 1 atom stereocenters. The van der Waals surface area contributed by atoms with Crippen LogP contribution in [0.5, 0.6) is 0 Å². The van der Waals surface area contributed by atoms with Crippen molar-refractivity contribution in [3.8, 4) is 11.4 Å². The number of nitrogens with one attached hydrogen (secondary N) is 1. The Hall–Kier alpha value is -2.44. The molecule has 27 heavy (non-hydrogen) atoms.